The minimum absolute atomic E-state index is 0.543. The zero-order valence-corrected chi connectivity index (χ0v) is 15.7. The van der Waals surface area contributed by atoms with E-state index in [9.17, 15) is 0 Å². The second-order valence-corrected chi connectivity index (χ2v) is 7.52. The number of nitrogens with zero attached hydrogens (tertiary/aromatic N) is 2. The van der Waals surface area contributed by atoms with Crippen LogP contribution in [0.3, 0.4) is 0 Å². The fourth-order valence-electron chi connectivity index (χ4n) is 4.02. The highest BCUT2D eigenvalue weighted by Gasteiger charge is 2.30. The molecule has 1 aliphatic carbocycles. The molecule has 2 aromatic carbocycles. The van der Waals surface area contributed by atoms with Gasteiger partial charge in [-0.25, -0.2) is 4.57 Å². The third-order valence-electron chi connectivity index (χ3n) is 5.45. The molecule has 2 heteroatoms. The summed E-state index contributed by atoms with van der Waals surface area (Å²) in [5, 5.41) is 0. The van der Waals surface area contributed by atoms with Crippen LogP contribution < -0.4 is 4.57 Å². The Morgan fingerprint density at radius 1 is 1.00 bits per heavy atom. The van der Waals surface area contributed by atoms with Crippen LogP contribution in [-0.4, -0.2) is 4.98 Å². The van der Waals surface area contributed by atoms with Crippen molar-refractivity contribution in [2.75, 3.05) is 0 Å². The second-order valence-electron chi connectivity index (χ2n) is 7.52. The molecule has 25 heavy (non-hydrogen) atoms. The summed E-state index contributed by atoms with van der Waals surface area (Å²) in [6, 6.07) is 13.3. The Bertz CT molecular complexity index is 984. The Kier molecular flexibility index (Phi) is 3.72. The van der Waals surface area contributed by atoms with Crippen molar-refractivity contribution in [2.24, 2.45) is 7.05 Å². The van der Waals surface area contributed by atoms with Gasteiger partial charge in [0.15, 0.2) is 6.20 Å². The van der Waals surface area contributed by atoms with Crippen molar-refractivity contribution in [3.8, 4) is 22.5 Å². The van der Waals surface area contributed by atoms with Gasteiger partial charge in [0.1, 0.15) is 5.69 Å². The summed E-state index contributed by atoms with van der Waals surface area (Å²) in [5.41, 5.74) is 10.7. The normalized spacial score (nSPS) is 12.4. The van der Waals surface area contributed by atoms with Crippen molar-refractivity contribution in [3.05, 3.63) is 70.5 Å². The monoisotopic (exact) mass is 329 g/mol. The van der Waals surface area contributed by atoms with E-state index in [1.54, 1.807) is 0 Å². The lowest BCUT2D eigenvalue weighted by atomic mass is 9.94. The van der Waals surface area contributed by atoms with Crippen LogP contribution in [0.4, 0.5) is 0 Å². The molecular formula is C23H25N2+. The minimum Gasteiger partial charge on any atom is -0.229 e. The van der Waals surface area contributed by atoms with E-state index in [1.807, 2.05) is 0 Å². The molecule has 0 bridgehead atoms. The Hall–Kier alpha value is -2.48. The molecule has 126 valence electrons. The molecule has 0 atom stereocenters. The number of fused-ring (bicyclic) bond motifs is 3. The van der Waals surface area contributed by atoms with Crippen LogP contribution in [0.2, 0.25) is 0 Å². The number of hydrogen-bond donors (Lipinski definition) is 0. The molecule has 1 aliphatic rings. The van der Waals surface area contributed by atoms with Crippen molar-refractivity contribution in [3.63, 3.8) is 0 Å². The molecule has 3 aromatic rings. The van der Waals surface area contributed by atoms with Gasteiger partial charge in [-0.2, -0.15) is 0 Å². The van der Waals surface area contributed by atoms with E-state index in [0.29, 0.717) is 5.92 Å². The topological polar surface area (TPSA) is 16.8 Å². The third kappa shape index (κ3) is 2.48. The average molecular weight is 329 g/mol. The van der Waals surface area contributed by atoms with E-state index in [0.717, 1.165) is 12.2 Å². The van der Waals surface area contributed by atoms with Crippen LogP contribution in [0.5, 0.6) is 0 Å². The highest BCUT2D eigenvalue weighted by atomic mass is 15.0. The largest absolute Gasteiger partial charge is 0.330 e. The van der Waals surface area contributed by atoms with Gasteiger partial charge in [-0.05, 0) is 53.1 Å². The van der Waals surface area contributed by atoms with Gasteiger partial charge < -0.3 is 0 Å². The van der Waals surface area contributed by atoms with Crippen molar-refractivity contribution in [1.29, 1.82) is 0 Å². The maximum Gasteiger partial charge on any atom is 0.330 e. The van der Waals surface area contributed by atoms with Crippen molar-refractivity contribution >= 4 is 0 Å². The maximum atomic E-state index is 4.86. The van der Waals surface area contributed by atoms with Crippen molar-refractivity contribution in [2.45, 2.75) is 40.0 Å². The number of rotatable bonds is 2. The molecule has 0 amide bonds. The SMILES string of the molecule is Cc1ccc(C)c(-c2ncc3c([n+]2C)Cc2c-3cccc2C(C)C)c1. The fourth-order valence-corrected chi connectivity index (χ4v) is 4.02. The van der Waals surface area contributed by atoms with E-state index in [4.69, 9.17) is 4.98 Å². The molecule has 1 heterocycles. The summed E-state index contributed by atoms with van der Waals surface area (Å²) >= 11 is 0. The van der Waals surface area contributed by atoms with Crippen LogP contribution in [-0.2, 0) is 13.5 Å². The number of benzene rings is 2. The van der Waals surface area contributed by atoms with Crippen LogP contribution in [0, 0.1) is 13.8 Å². The predicted octanol–water partition coefficient (Wildman–Crippen LogP) is 4.88. The lowest BCUT2D eigenvalue weighted by Crippen LogP contribution is -2.37. The highest BCUT2D eigenvalue weighted by molar-refractivity contribution is 5.76. The van der Waals surface area contributed by atoms with Crippen LogP contribution in [0.25, 0.3) is 22.5 Å². The molecule has 0 spiro atoms. The molecule has 0 saturated heterocycles. The molecule has 0 radical (unpaired) electrons. The molecule has 0 fully saturated rings. The molecular weight excluding hydrogens is 304 g/mol. The van der Waals surface area contributed by atoms with Gasteiger partial charge in [0.05, 0.1) is 18.2 Å². The smallest absolute Gasteiger partial charge is 0.229 e. The molecule has 0 N–H and O–H groups in total. The summed E-state index contributed by atoms with van der Waals surface area (Å²) in [4.78, 5) is 4.86. The first-order valence-electron chi connectivity index (χ1n) is 9.05. The minimum atomic E-state index is 0.543. The van der Waals surface area contributed by atoms with Crippen molar-refractivity contribution in [1.82, 2.24) is 4.98 Å². The third-order valence-corrected chi connectivity index (χ3v) is 5.45. The molecule has 2 nitrogen and oxygen atoms in total. The first-order chi connectivity index (χ1) is 12.0. The van der Waals surface area contributed by atoms with Crippen LogP contribution in [0.15, 0.2) is 42.6 Å². The highest BCUT2D eigenvalue weighted by Crippen LogP contribution is 2.39. The van der Waals surface area contributed by atoms with Gasteiger partial charge in [-0.1, -0.05) is 49.7 Å². The zero-order valence-electron chi connectivity index (χ0n) is 15.7. The summed E-state index contributed by atoms with van der Waals surface area (Å²) in [6.45, 7) is 8.85. The molecule has 0 unspecified atom stereocenters. The van der Waals surface area contributed by atoms with Gasteiger partial charge in [0, 0.05) is 6.42 Å². The Labute approximate surface area is 150 Å². The molecule has 4 rings (SSSR count). The van der Waals surface area contributed by atoms with Gasteiger partial charge in [0.2, 0.25) is 0 Å². The van der Waals surface area contributed by atoms with Gasteiger partial charge in [0.25, 0.3) is 0 Å². The second kappa shape index (κ2) is 5.80. The lowest BCUT2D eigenvalue weighted by Gasteiger charge is -2.10. The quantitative estimate of drug-likeness (QED) is 0.479. The summed E-state index contributed by atoms with van der Waals surface area (Å²) in [7, 11) is 2.16. The average Bonchev–Trinajstić information content (AvgIpc) is 2.97. The van der Waals surface area contributed by atoms with E-state index >= 15 is 0 Å². The van der Waals surface area contributed by atoms with E-state index in [2.05, 4.69) is 81.9 Å². The maximum absolute atomic E-state index is 4.86. The molecule has 0 saturated carbocycles. The Morgan fingerprint density at radius 3 is 2.56 bits per heavy atom. The van der Waals surface area contributed by atoms with Crippen LogP contribution >= 0.6 is 0 Å². The zero-order chi connectivity index (χ0) is 17.7. The van der Waals surface area contributed by atoms with E-state index < -0.39 is 0 Å². The van der Waals surface area contributed by atoms with E-state index in [-0.39, 0.29) is 0 Å². The Balaban J connectivity index is 1.90. The van der Waals surface area contributed by atoms with Gasteiger partial charge in [-0.3, -0.25) is 0 Å². The lowest BCUT2D eigenvalue weighted by molar-refractivity contribution is -0.669. The fraction of sp³-hybridized carbons (Fsp3) is 0.304. The summed E-state index contributed by atoms with van der Waals surface area (Å²) in [6.07, 6.45) is 3.07. The summed E-state index contributed by atoms with van der Waals surface area (Å²) in [5.74, 6) is 1.60. The predicted molar refractivity (Wildman–Crippen MR) is 103 cm³/mol. The number of hydrogen-bond acceptors (Lipinski definition) is 1. The first kappa shape index (κ1) is 16.0. The first-order valence-corrected chi connectivity index (χ1v) is 9.05. The standard InChI is InChI=1S/C23H25N2/c1-14(2)17-7-6-8-18-20(17)12-22-21(18)13-24-23(25(22)5)19-11-15(3)9-10-16(19)4/h6-11,13-14H,12H2,1-5H3/q+1. The van der Waals surface area contributed by atoms with Crippen molar-refractivity contribution < 1.29 is 4.57 Å². The van der Waals surface area contributed by atoms with Gasteiger partial charge >= 0.3 is 5.82 Å². The molecule has 1 aromatic heterocycles. The van der Waals surface area contributed by atoms with E-state index in [1.165, 1.54) is 44.6 Å². The van der Waals surface area contributed by atoms with Crippen LogP contribution in [0.1, 0.15) is 47.7 Å². The number of aromatic nitrogens is 2. The Morgan fingerprint density at radius 2 is 1.80 bits per heavy atom. The number of aryl methyl sites for hydroxylation is 2. The summed E-state index contributed by atoms with van der Waals surface area (Å²) < 4.78 is 2.29. The molecule has 0 aliphatic heterocycles. The van der Waals surface area contributed by atoms with Gasteiger partial charge in [-0.15, -0.1) is 0 Å².